The molecule has 0 saturated heterocycles. The van der Waals surface area contributed by atoms with Gasteiger partial charge in [-0.3, -0.25) is 4.79 Å². The molecular weight excluding hydrogens is 464 g/mol. The quantitative estimate of drug-likeness (QED) is 0.444. The van der Waals surface area contributed by atoms with Crippen LogP contribution in [0.1, 0.15) is 12.5 Å². The highest BCUT2D eigenvalue weighted by Gasteiger charge is 2.27. The number of methoxy groups -OCH3 is 1. The number of hydrogen-bond donors (Lipinski definition) is 2. The number of anilines is 1. The van der Waals surface area contributed by atoms with Crippen molar-refractivity contribution in [3.05, 3.63) is 83.4 Å². The van der Waals surface area contributed by atoms with Crippen molar-refractivity contribution in [1.82, 2.24) is 4.72 Å². The Kier molecular flexibility index (Phi) is 8.32. The van der Waals surface area contributed by atoms with Crippen LogP contribution in [-0.2, 0) is 21.2 Å². The molecule has 0 unspecified atom stereocenters. The number of sulfonamides is 1. The summed E-state index contributed by atoms with van der Waals surface area (Å²) in [4.78, 5) is 13.0. The van der Waals surface area contributed by atoms with Gasteiger partial charge in [0.2, 0.25) is 15.9 Å². The number of carbonyl (C=O) groups excluding carboxylic acids is 1. The van der Waals surface area contributed by atoms with Crippen molar-refractivity contribution in [3.8, 4) is 11.5 Å². The molecule has 0 aromatic heterocycles. The van der Waals surface area contributed by atoms with Gasteiger partial charge in [0.25, 0.3) is 0 Å². The van der Waals surface area contributed by atoms with Gasteiger partial charge >= 0.3 is 0 Å². The summed E-state index contributed by atoms with van der Waals surface area (Å²) in [5.41, 5.74) is 1.33. The molecule has 3 aromatic carbocycles. The molecule has 0 fully saturated rings. The summed E-state index contributed by atoms with van der Waals surface area (Å²) in [6.45, 7) is 2.41. The van der Waals surface area contributed by atoms with Gasteiger partial charge in [0.1, 0.15) is 17.5 Å². The Morgan fingerprint density at radius 2 is 1.73 bits per heavy atom. The first-order valence-electron chi connectivity index (χ1n) is 10.3. The number of nitrogens with one attached hydrogen (secondary N) is 2. The highest BCUT2D eigenvalue weighted by atomic mass is 35.5. The van der Waals surface area contributed by atoms with Crippen LogP contribution in [0.5, 0.6) is 11.5 Å². The van der Waals surface area contributed by atoms with Gasteiger partial charge in [-0.1, -0.05) is 41.9 Å². The molecule has 3 rings (SSSR count). The summed E-state index contributed by atoms with van der Waals surface area (Å²) < 4.78 is 39.1. The SMILES string of the molecule is CCOc1ccc(NC(=O)[C@@H](Cc2ccccc2)NS(=O)(=O)c2ccc(OC)c(Cl)c2)cc1. The molecule has 1 atom stereocenters. The van der Waals surface area contributed by atoms with E-state index in [0.29, 0.717) is 23.8 Å². The summed E-state index contributed by atoms with van der Waals surface area (Å²) in [5, 5.41) is 2.92. The largest absolute Gasteiger partial charge is 0.495 e. The predicted octanol–water partition coefficient (Wildman–Crippen LogP) is 4.28. The van der Waals surface area contributed by atoms with Crippen LogP contribution in [0.2, 0.25) is 5.02 Å². The molecule has 0 bridgehead atoms. The molecule has 3 aromatic rings. The van der Waals surface area contributed by atoms with Crippen LogP contribution in [0.3, 0.4) is 0 Å². The number of benzene rings is 3. The lowest BCUT2D eigenvalue weighted by Crippen LogP contribution is -2.45. The number of carbonyl (C=O) groups is 1. The second kappa shape index (κ2) is 11.2. The maximum absolute atomic E-state index is 13.1. The summed E-state index contributed by atoms with van der Waals surface area (Å²) in [6, 6.07) is 19.1. The Labute approximate surface area is 198 Å². The van der Waals surface area contributed by atoms with E-state index in [0.717, 1.165) is 5.56 Å². The lowest BCUT2D eigenvalue weighted by Gasteiger charge is -2.19. The van der Waals surface area contributed by atoms with Crippen LogP contribution < -0.4 is 19.5 Å². The van der Waals surface area contributed by atoms with Crippen molar-refractivity contribution in [2.75, 3.05) is 19.0 Å². The smallest absolute Gasteiger partial charge is 0.242 e. The Bertz CT molecular complexity index is 1190. The Hall–Kier alpha value is -3.07. The molecule has 0 spiro atoms. The highest BCUT2D eigenvalue weighted by molar-refractivity contribution is 7.89. The molecule has 1 amide bonds. The topological polar surface area (TPSA) is 93.7 Å². The maximum atomic E-state index is 13.1. The summed E-state index contributed by atoms with van der Waals surface area (Å²) >= 11 is 6.10. The summed E-state index contributed by atoms with van der Waals surface area (Å²) in [6.07, 6.45) is 0.160. The Morgan fingerprint density at radius 3 is 2.33 bits per heavy atom. The average Bonchev–Trinajstić information content (AvgIpc) is 2.80. The molecule has 0 aliphatic heterocycles. The minimum absolute atomic E-state index is 0.0692. The average molecular weight is 489 g/mol. The molecule has 7 nitrogen and oxygen atoms in total. The van der Waals surface area contributed by atoms with E-state index in [4.69, 9.17) is 21.1 Å². The first-order valence-corrected chi connectivity index (χ1v) is 12.1. The molecule has 0 saturated carbocycles. The van der Waals surface area contributed by atoms with E-state index in [1.54, 1.807) is 24.3 Å². The number of ether oxygens (including phenoxy) is 2. The molecular formula is C24H25ClN2O5S. The van der Waals surface area contributed by atoms with Crippen molar-refractivity contribution in [1.29, 1.82) is 0 Å². The first kappa shape index (κ1) is 24.6. The fourth-order valence-corrected chi connectivity index (χ4v) is 4.68. The number of rotatable bonds is 10. The van der Waals surface area contributed by atoms with Crippen LogP contribution in [0.4, 0.5) is 5.69 Å². The van der Waals surface area contributed by atoms with Crippen molar-refractivity contribution >= 4 is 33.2 Å². The van der Waals surface area contributed by atoms with Crippen molar-refractivity contribution in [2.45, 2.75) is 24.3 Å². The molecule has 0 heterocycles. The fraction of sp³-hybridized carbons (Fsp3) is 0.208. The van der Waals surface area contributed by atoms with Crippen molar-refractivity contribution in [2.24, 2.45) is 0 Å². The van der Waals surface area contributed by atoms with Gasteiger partial charge in [0.05, 0.1) is 23.6 Å². The third-order valence-electron chi connectivity index (χ3n) is 4.76. The lowest BCUT2D eigenvalue weighted by atomic mass is 10.1. The molecule has 174 valence electrons. The fourth-order valence-electron chi connectivity index (χ4n) is 3.14. The van der Waals surface area contributed by atoms with E-state index in [1.165, 1.54) is 25.3 Å². The van der Waals surface area contributed by atoms with Crippen molar-refractivity contribution in [3.63, 3.8) is 0 Å². The molecule has 9 heteroatoms. The van der Waals surface area contributed by atoms with Crippen LogP contribution in [-0.4, -0.2) is 34.1 Å². The standard InChI is InChI=1S/C24H25ClN2O5S/c1-3-32-19-11-9-18(10-12-19)26-24(28)22(15-17-7-5-4-6-8-17)27-33(29,30)20-13-14-23(31-2)21(25)16-20/h4-14,16,22,27H,3,15H2,1-2H3,(H,26,28)/t22-/m1/s1. The van der Waals surface area contributed by atoms with Crippen molar-refractivity contribution < 1.29 is 22.7 Å². The van der Waals surface area contributed by atoms with Crippen LogP contribution in [0, 0.1) is 0 Å². The Balaban J connectivity index is 1.84. The van der Waals surface area contributed by atoms with Gasteiger partial charge in [-0.2, -0.15) is 4.72 Å². The predicted molar refractivity (Wildman–Crippen MR) is 129 cm³/mol. The zero-order chi connectivity index (χ0) is 23.8. The van der Waals surface area contributed by atoms with Crippen LogP contribution in [0.25, 0.3) is 0 Å². The summed E-state index contributed by atoms with van der Waals surface area (Å²) in [5.74, 6) is 0.532. The normalized spacial score (nSPS) is 12.1. The van der Waals surface area contributed by atoms with Gasteiger partial charge in [0.15, 0.2) is 0 Å². The monoisotopic (exact) mass is 488 g/mol. The van der Waals surface area contributed by atoms with Gasteiger partial charge in [0, 0.05) is 5.69 Å². The third kappa shape index (κ3) is 6.71. The van der Waals surface area contributed by atoms with Gasteiger partial charge in [-0.25, -0.2) is 8.42 Å². The van der Waals surface area contributed by atoms with E-state index in [9.17, 15) is 13.2 Å². The van der Waals surface area contributed by atoms with E-state index in [2.05, 4.69) is 10.0 Å². The Morgan fingerprint density at radius 1 is 1.03 bits per heavy atom. The lowest BCUT2D eigenvalue weighted by molar-refractivity contribution is -0.117. The van der Waals surface area contributed by atoms with E-state index < -0.39 is 22.0 Å². The zero-order valence-corrected chi connectivity index (χ0v) is 19.8. The minimum atomic E-state index is -4.05. The van der Waals surface area contributed by atoms with E-state index in [1.807, 2.05) is 37.3 Å². The first-order chi connectivity index (χ1) is 15.8. The van der Waals surface area contributed by atoms with Gasteiger partial charge in [-0.05, 0) is 61.4 Å². The number of hydrogen-bond acceptors (Lipinski definition) is 5. The maximum Gasteiger partial charge on any atom is 0.242 e. The molecule has 0 radical (unpaired) electrons. The van der Waals surface area contributed by atoms with E-state index in [-0.39, 0.29) is 16.3 Å². The van der Waals surface area contributed by atoms with Crippen LogP contribution >= 0.6 is 11.6 Å². The molecule has 0 aliphatic rings. The van der Waals surface area contributed by atoms with Gasteiger partial charge in [-0.15, -0.1) is 0 Å². The second-order valence-electron chi connectivity index (χ2n) is 7.11. The minimum Gasteiger partial charge on any atom is -0.495 e. The van der Waals surface area contributed by atoms with Gasteiger partial charge < -0.3 is 14.8 Å². The van der Waals surface area contributed by atoms with Crippen LogP contribution in [0.15, 0.2) is 77.7 Å². The zero-order valence-electron chi connectivity index (χ0n) is 18.2. The third-order valence-corrected chi connectivity index (χ3v) is 6.53. The highest BCUT2D eigenvalue weighted by Crippen LogP contribution is 2.27. The second-order valence-corrected chi connectivity index (χ2v) is 9.23. The number of amides is 1. The molecule has 0 aliphatic carbocycles. The number of halogens is 1. The molecule has 33 heavy (non-hydrogen) atoms. The molecule has 2 N–H and O–H groups in total. The summed E-state index contributed by atoms with van der Waals surface area (Å²) in [7, 11) is -2.61. The van der Waals surface area contributed by atoms with E-state index >= 15 is 0 Å².